The van der Waals surface area contributed by atoms with Crippen LogP contribution >= 0.6 is 12.2 Å². The van der Waals surface area contributed by atoms with Crippen LogP contribution in [0.15, 0.2) is 18.2 Å². The number of thiocarbonyl (C=S) groups is 1. The largest absolute Gasteiger partial charge is 0.454 e. The Hall–Kier alpha value is -1.53. The van der Waals surface area contributed by atoms with Gasteiger partial charge in [-0.1, -0.05) is 6.07 Å². The van der Waals surface area contributed by atoms with Gasteiger partial charge >= 0.3 is 0 Å². The number of benzene rings is 1. The summed E-state index contributed by atoms with van der Waals surface area (Å²) in [5.41, 5.74) is 6.93. The standard InChI is InChI=1S/C10H13N3O2S/c1-11-10(16)13-12-5-7-2-3-8-9(4-7)15-6-14-8/h2-4,12H,5-6H2,1H3,(H2,11,13,16). The monoisotopic (exact) mass is 239 g/mol. The van der Waals surface area contributed by atoms with Crippen molar-refractivity contribution in [2.75, 3.05) is 13.8 Å². The van der Waals surface area contributed by atoms with E-state index in [0.717, 1.165) is 17.1 Å². The molecule has 0 fully saturated rings. The van der Waals surface area contributed by atoms with E-state index in [-0.39, 0.29) is 0 Å². The number of hydrazine groups is 1. The third kappa shape index (κ3) is 2.53. The zero-order chi connectivity index (χ0) is 11.4. The van der Waals surface area contributed by atoms with Crippen molar-refractivity contribution in [3.63, 3.8) is 0 Å². The summed E-state index contributed by atoms with van der Waals surface area (Å²) in [6, 6.07) is 5.82. The smallest absolute Gasteiger partial charge is 0.231 e. The van der Waals surface area contributed by atoms with Crippen LogP contribution in [0.4, 0.5) is 0 Å². The molecule has 6 heteroatoms. The maximum atomic E-state index is 5.28. The highest BCUT2D eigenvalue weighted by Crippen LogP contribution is 2.32. The third-order valence-corrected chi connectivity index (χ3v) is 2.46. The summed E-state index contributed by atoms with van der Waals surface area (Å²) < 4.78 is 10.5. The van der Waals surface area contributed by atoms with Crippen LogP contribution < -0.4 is 25.6 Å². The van der Waals surface area contributed by atoms with Crippen LogP contribution in [-0.2, 0) is 6.54 Å². The van der Waals surface area contributed by atoms with Crippen LogP contribution in [-0.4, -0.2) is 19.0 Å². The lowest BCUT2D eigenvalue weighted by molar-refractivity contribution is 0.174. The summed E-state index contributed by atoms with van der Waals surface area (Å²) in [5.74, 6) is 1.58. The van der Waals surface area contributed by atoms with E-state index < -0.39 is 0 Å². The van der Waals surface area contributed by atoms with Crippen LogP contribution in [0.3, 0.4) is 0 Å². The zero-order valence-corrected chi connectivity index (χ0v) is 9.69. The van der Waals surface area contributed by atoms with Crippen LogP contribution in [0.5, 0.6) is 11.5 Å². The van der Waals surface area contributed by atoms with E-state index in [1.165, 1.54) is 0 Å². The second kappa shape index (κ2) is 5.00. The van der Waals surface area contributed by atoms with Crippen LogP contribution in [0.25, 0.3) is 0 Å². The minimum absolute atomic E-state index is 0.300. The van der Waals surface area contributed by atoms with Crippen molar-refractivity contribution in [1.82, 2.24) is 16.2 Å². The Bertz CT molecular complexity index is 398. The van der Waals surface area contributed by atoms with Gasteiger partial charge < -0.3 is 14.8 Å². The fraction of sp³-hybridized carbons (Fsp3) is 0.300. The molecule has 86 valence electrons. The molecule has 0 aliphatic carbocycles. The Morgan fingerprint density at radius 1 is 1.38 bits per heavy atom. The van der Waals surface area contributed by atoms with E-state index in [0.29, 0.717) is 18.5 Å². The summed E-state index contributed by atoms with van der Waals surface area (Å²) >= 11 is 4.92. The summed E-state index contributed by atoms with van der Waals surface area (Å²) in [4.78, 5) is 0. The topological polar surface area (TPSA) is 54.5 Å². The summed E-state index contributed by atoms with van der Waals surface area (Å²) in [6.07, 6.45) is 0. The summed E-state index contributed by atoms with van der Waals surface area (Å²) in [5, 5.41) is 3.36. The molecule has 0 spiro atoms. The van der Waals surface area contributed by atoms with Gasteiger partial charge in [0, 0.05) is 13.6 Å². The fourth-order valence-corrected chi connectivity index (χ4v) is 1.41. The van der Waals surface area contributed by atoms with Crippen molar-refractivity contribution in [1.29, 1.82) is 0 Å². The maximum Gasteiger partial charge on any atom is 0.231 e. The molecule has 16 heavy (non-hydrogen) atoms. The number of hydrogen-bond donors (Lipinski definition) is 3. The van der Waals surface area contributed by atoms with Gasteiger partial charge in [-0.3, -0.25) is 5.43 Å². The Labute approximate surface area is 99.1 Å². The minimum atomic E-state index is 0.300. The van der Waals surface area contributed by atoms with E-state index in [2.05, 4.69) is 16.2 Å². The lowest BCUT2D eigenvalue weighted by Gasteiger charge is -2.09. The van der Waals surface area contributed by atoms with Crippen molar-refractivity contribution in [2.24, 2.45) is 0 Å². The van der Waals surface area contributed by atoms with E-state index >= 15 is 0 Å². The Morgan fingerprint density at radius 3 is 3.00 bits per heavy atom. The number of ether oxygens (including phenoxy) is 2. The molecule has 0 amide bonds. The molecule has 3 N–H and O–H groups in total. The summed E-state index contributed by atoms with van der Waals surface area (Å²) in [6.45, 7) is 0.951. The first-order valence-electron chi connectivity index (χ1n) is 4.88. The second-order valence-electron chi connectivity index (χ2n) is 3.25. The SMILES string of the molecule is CNC(=S)NNCc1ccc2c(c1)OCO2. The van der Waals surface area contributed by atoms with Crippen molar-refractivity contribution in [3.8, 4) is 11.5 Å². The average Bonchev–Trinajstić information content (AvgIpc) is 2.76. The van der Waals surface area contributed by atoms with Gasteiger partial charge in [-0.15, -0.1) is 0 Å². The first-order valence-corrected chi connectivity index (χ1v) is 5.29. The molecular weight excluding hydrogens is 226 g/mol. The summed E-state index contributed by atoms with van der Waals surface area (Å²) in [7, 11) is 1.76. The van der Waals surface area contributed by atoms with Crippen molar-refractivity contribution < 1.29 is 9.47 Å². The first-order chi connectivity index (χ1) is 7.79. The van der Waals surface area contributed by atoms with Crippen LogP contribution in [0.2, 0.25) is 0 Å². The Morgan fingerprint density at radius 2 is 2.19 bits per heavy atom. The fourth-order valence-electron chi connectivity index (χ4n) is 1.34. The zero-order valence-electron chi connectivity index (χ0n) is 8.87. The van der Waals surface area contributed by atoms with Crippen LogP contribution in [0.1, 0.15) is 5.56 Å². The highest BCUT2D eigenvalue weighted by molar-refractivity contribution is 7.80. The quantitative estimate of drug-likeness (QED) is 0.528. The highest BCUT2D eigenvalue weighted by Gasteiger charge is 2.12. The van der Waals surface area contributed by atoms with Gasteiger partial charge in [0.1, 0.15) is 0 Å². The number of nitrogens with one attached hydrogen (secondary N) is 3. The van der Waals surface area contributed by atoms with Gasteiger partial charge in [-0.25, -0.2) is 5.43 Å². The molecule has 1 aliphatic rings. The normalized spacial score (nSPS) is 12.3. The molecule has 1 aromatic rings. The third-order valence-electron chi connectivity index (χ3n) is 2.16. The van der Waals surface area contributed by atoms with E-state index in [1.807, 2.05) is 18.2 Å². The lowest BCUT2D eigenvalue weighted by Crippen LogP contribution is -2.42. The minimum Gasteiger partial charge on any atom is -0.454 e. The Balaban J connectivity index is 1.88. The van der Waals surface area contributed by atoms with Crippen LogP contribution in [0, 0.1) is 0 Å². The molecule has 0 unspecified atom stereocenters. The maximum absolute atomic E-state index is 5.28. The predicted octanol–water partition coefficient (Wildman–Crippen LogP) is 0.514. The second-order valence-corrected chi connectivity index (χ2v) is 3.65. The molecule has 2 rings (SSSR count). The highest BCUT2D eigenvalue weighted by atomic mass is 32.1. The van der Waals surface area contributed by atoms with Gasteiger partial charge in [0.25, 0.3) is 0 Å². The molecule has 0 bridgehead atoms. The van der Waals surface area contributed by atoms with Gasteiger partial charge in [0.05, 0.1) is 0 Å². The van der Waals surface area contributed by atoms with Crippen molar-refractivity contribution >= 4 is 17.3 Å². The predicted molar refractivity (Wildman–Crippen MR) is 64.2 cm³/mol. The van der Waals surface area contributed by atoms with Gasteiger partial charge in [-0.2, -0.15) is 0 Å². The van der Waals surface area contributed by atoms with Gasteiger partial charge in [-0.05, 0) is 29.9 Å². The first kappa shape index (κ1) is 11.0. The molecular formula is C10H13N3O2S. The molecule has 0 radical (unpaired) electrons. The van der Waals surface area contributed by atoms with Gasteiger partial charge in [0.15, 0.2) is 16.6 Å². The Kier molecular flexibility index (Phi) is 3.43. The average molecular weight is 239 g/mol. The van der Waals surface area contributed by atoms with Gasteiger partial charge in [0.2, 0.25) is 6.79 Å². The number of rotatable bonds is 3. The number of fused-ring (bicyclic) bond motifs is 1. The van der Waals surface area contributed by atoms with E-state index in [4.69, 9.17) is 21.7 Å². The van der Waals surface area contributed by atoms with Crippen molar-refractivity contribution in [3.05, 3.63) is 23.8 Å². The molecule has 0 saturated carbocycles. The number of hydrogen-bond acceptors (Lipinski definition) is 4. The molecule has 0 aromatic heterocycles. The molecule has 0 atom stereocenters. The molecule has 1 aromatic carbocycles. The molecule has 1 aliphatic heterocycles. The lowest BCUT2D eigenvalue weighted by atomic mass is 10.2. The van der Waals surface area contributed by atoms with E-state index in [1.54, 1.807) is 7.05 Å². The molecule has 1 heterocycles. The molecule has 0 saturated heterocycles. The van der Waals surface area contributed by atoms with E-state index in [9.17, 15) is 0 Å². The van der Waals surface area contributed by atoms with Crippen molar-refractivity contribution in [2.45, 2.75) is 6.54 Å². The molecule has 5 nitrogen and oxygen atoms in total.